The highest BCUT2D eigenvalue weighted by atomic mass is 35.5. The number of hydrogen-bond acceptors (Lipinski definition) is 4. The van der Waals surface area contributed by atoms with Crippen LogP contribution in [0.1, 0.15) is 27.7 Å². The molecule has 0 amide bonds. The first kappa shape index (κ1) is 18.0. The first-order valence-corrected chi connectivity index (χ1v) is 10.0. The second-order valence-corrected chi connectivity index (χ2v) is 8.53. The van der Waals surface area contributed by atoms with Gasteiger partial charge in [0.25, 0.3) is 5.69 Å². The number of thiophene rings is 1. The molecule has 3 nitrogen and oxygen atoms in total. The van der Waals surface area contributed by atoms with Gasteiger partial charge in [0.05, 0.1) is 0 Å². The minimum absolute atomic E-state index is 0.0726. The second kappa shape index (κ2) is 7.60. The van der Waals surface area contributed by atoms with E-state index < -0.39 is 0 Å². The molecule has 0 aliphatic rings. The summed E-state index contributed by atoms with van der Waals surface area (Å²) in [5, 5.41) is 0.605. The van der Waals surface area contributed by atoms with Gasteiger partial charge in [0.2, 0.25) is 5.78 Å². The quantitative estimate of drug-likeness (QED) is 0.383. The van der Waals surface area contributed by atoms with Gasteiger partial charge in [-0.1, -0.05) is 18.5 Å². The molecule has 0 saturated heterocycles. The van der Waals surface area contributed by atoms with Crippen molar-refractivity contribution in [1.29, 1.82) is 0 Å². The summed E-state index contributed by atoms with van der Waals surface area (Å²) in [5.74, 6) is 0.838. The van der Waals surface area contributed by atoms with Crippen molar-refractivity contribution < 1.29 is 9.36 Å². The summed E-state index contributed by atoms with van der Waals surface area (Å²) in [6, 6.07) is 10.9. The molecular formula is C19H18ClN2OS2+. The van der Waals surface area contributed by atoms with Crippen LogP contribution < -0.4 is 10.3 Å². The Kier molecular flexibility index (Phi) is 5.47. The predicted octanol–water partition coefficient (Wildman–Crippen LogP) is 4.91. The average molecular weight is 390 g/mol. The number of hydrogen-bond donors (Lipinski definition) is 1. The van der Waals surface area contributed by atoms with Crippen LogP contribution in [0.5, 0.6) is 0 Å². The number of carbonyl (C=O) groups is 1. The average Bonchev–Trinajstić information content (AvgIpc) is 2.91. The van der Waals surface area contributed by atoms with Crippen molar-refractivity contribution in [2.45, 2.75) is 18.1 Å². The van der Waals surface area contributed by atoms with E-state index in [1.165, 1.54) is 11.3 Å². The minimum atomic E-state index is -0.0726. The maximum atomic E-state index is 12.9. The fourth-order valence-corrected chi connectivity index (χ4v) is 5.01. The van der Waals surface area contributed by atoms with Crippen LogP contribution in [0.25, 0.3) is 5.69 Å². The van der Waals surface area contributed by atoms with Gasteiger partial charge >= 0.3 is 0 Å². The number of nitrogens with zero attached hydrogens (tertiary/aromatic N) is 1. The number of benzene rings is 1. The first-order valence-electron chi connectivity index (χ1n) is 7.85. The fraction of sp³-hybridized carbons (Fsp3) is 0.158. The number of aromatic nitrogens is 1. The molecule has 3 rings (SSSR count). The third kappa shape index (κ3) is 3.73. The Morgan fingerprint density at radius 2 is 2.00 bits per heavy atom. The number of rotatable bonds is 5. The number of pyridine rings is 1. The summed E-state index contributed by atoms with van der Waals surface area (Å²) in [6.07, 6.45) is 3.98. The van der Waals surface area contributed by atoms with Gasteiger partial charge in [-0.05, 0) is 43.0 Å². The standard InChI is InChI=1S/C19H17ClN2OS2/c1-3-24-19-16(22-10-4-5-12(2)11-22)15(21)18(25-19)17(23)13-6-8-14(20)9-7-13/h4-11H,3H2,1-2H3,(H-,21,23)/p+1. The lowest BCUT2D eigenvalue weighted by Crippen LogP contribution is -2.31. The molecule has 25 heavy (non-hydrogen) atoms. The van der Waals surface area contributed by atoms with Crippen LogP contribution >= 0.6 is 34.7 Å². The molecule has 0 unspecified atom stereocenters. The van der Waals surface area contributed by atoms with Crippen LogP contribution in [0.4, 0.5) is 5.69 Å². The molecule has 1 aromatic carbocycles. The molecule has 0 aliphatic carbocycles. The van der Waals surface area contributed by atoms with Gasteiger partial charge in [-0.2, -0.15) is 4.57 Å². The van der Waals surface area contributed by atoms with Gasteiger partial charge in [0, 0.05) is 22.2 Å². The molecule has 0 atom stereocenters. The van der Waals surface area contributed by atoms with Gasteiger partial charge in [-0.15, -0.1) is 23.1 Å². The summed E-state index contributed by atoms with van der Waals surface area (Å²) in [6.45, 7) is 4.12. The highest BCUT2D eigenvalue weighted by Gasteiger charge is 2.28. The highest BCUT2D eigenvalue weighted by Crippen LogP contribution is 2.39. The first-order chi connectivity index (χ1) is 12.0. The van der Waals surface area contributed by atoms with Crippen molar-refractivity contribution in [3.05, 3.63) is 69.8 Å². The number of halogens is 1. The van der Waals surface area contributed by atoms with Crippen LogP contribution in [0, 0.1) is 6.92 Å². The van der Waals surface area contributed by atoms with Crippen molar-refractivity contribution in [3.63, 3.8) is 0 Å². The highest BCUT2D eigenvalue weighted by molar-refractivity contribution is 8.01. The molecule has 2 aromatic heterocycles. The fourth-order valence-electron chi connectivity index (χ4n) is 2.52. The maximum absolute atomic E-state index is 12.9. The largest absolute Gasteiger partial charge is 0.392 e. The Bertz CT molecular complexity index is 920. The molecule has 2 heterocycles. The number of ketones is 1. The number of thioether (sulfide) groups is 1. The Labute approximate surface area is 160 Å². The monoisotopic (exact) mass is 389 g/mol. The third-order valence-electron chi connectivity index (χ3n) is 3.68. The van der Waals surface area contributed by atoms with Gasteiger partial charge in [0.1, 0.15) is 14.8 Å². The molecule has 128 valence electrons. The Morgan fingerprint density at radius 3 is 2.64 bits per heavy atom. The summed E-state index contributed by atoms with van der Waals surface area (Å²) < 4.78 is 3.05. The van der Waals surface area contributed by atoms with Gasteiger partial charge in [-0.25, -0.2) is 0 Å². The van der Waals surface area contributed by atoms with E-state index in [-0.39, 0.29) is 5.78 Å². The minimum Gasteiger partial charge on any atom is -0.392 e. The number of nitrogen functional groups attached to an aromatic ring is 1. The predicted molar refractivity (Wildman–Crippen MR) is 106 cm³/mol. The zero-order valence-corrected chi connectivity index (χ0v) is 16.3. The third-order valence-corrected chi connectivity index (χ3v) is 6.27. The van der Waals surface area contributed by atoms with Crippen molar-refractivity contribution in [2.24, 2.45) is 0 Å². The van der Waals surface area contributed by atoms with E-state index >= 15 is 0 Å². The number of anilines is 1. The number of carbonyl (C=O) groups excluding carboxylic acids is 1. The summed E-state index contributed by atoms with van der Waals surface area (Å²) in [5.41, 5.74) is 9.55. The molecule has 0 saturated carbocycles. The van der Waals surface area contributed by atoms with E-state index in [0.29, 0.717) is 21.2 Å². The van der Waals surface area contributed by atoms with Gasteiger partial charge < -0.3 is 5.73 Å². The molecule has 3 aromatic rings. The van der Waals surface area contributed by atoms with Gasteiger partial charge in [-0.3, -0.25) is 4.79 Å². The van der Waals surface area contributed by atoms with Crippen LogP contribution in [0.2, 0.25) is 5.02 Å². The smallest absolute Gasteiger partial charge is 0.259 e. The van der Waals surface area contributed by atoms with Crippen molar-refractivity contribution in [3.8, 4) is 5.69 Å². The van der Waals surface area contributed by atoms with E-state index in [4.69, 9.17) is 17.3 Å². The van der Waals surface area contributed by atoms with Gasteiger partial charge in [0.15, 0.2) is 12.4 Å². The molecule has 0 fully saturated rings. The van der Waals surface area contributed by atoms with E-state index in [2.05, 4.69) is 6.92 Å². The van der Waals surface area contributed by atoms with E-state index in [1.54, 1.807) is 36.0 Å². The molecule has 0 bridgehead atoms. The lowest BCUT2D eigenvalue weighted by Gasteiger charge is -2.01. The zero-order valence-electron chi connectivity index (χ0n) is 14.0. The molecule has 0 aliphatic heterocycles. The second-order valence-electron chi connectivity index (χ2n) is 5.54. The van der Waals surface area contributed by atoms with Crippen LogP contribution in [-0.4, -0.2) is 11.5 Å². The van der Waals surface area contributed by atoms with Crippen molar-refractivity contribution in [1.82, 2.24) is 0 Å². The molecule has 6 heteroatoms. The molecular weight excluding hydrogens is 372 g/mol. The van der Waals surface area contributed by atoms with Crippen molar-refractivity contribution in [2.75, 3.05) is 11.5 Å². The van der Waals surface area contributed by atoms with Crippen LogP contribution in [-0.2, 0) is 0 Å². The Hall–Kier alpha value is -1.82. The SMILES string of the molecule is CCSc1sc(C(=O)c2ccc(Cl)cc2)c(N)c1-[n+]1cccc(C)c1. The maximum Gasteiger partial charge on any atom is 0.259 e. The normalized spacial score (nSPS) is 10.8. The van der Waals surface area contributed by atoms with E-state index in [9.17, 15) is 4.79 Å². The molecule has 0 spiro atoms. The van der Waals surface area contributed by atoms with E-state index in [0.717, 1.165) is 21.2 Å². The topological polar surface area (TPSA) is 47.0 Å². The van der Waals surface area contributed by atoms with E-state index in [1.807, 2.05) is 36.0 Å². The molecule has 0 radical (unpaired) electrons. The lowest BCUT2D eigenvalue weighted by atomic mass is 10.1. The Morgan fingerprint density at radius 1 is 1.28 bits per heavy atom. The number of nitrogens with two attached hydrogens (primary N) is 1. The van der Waals surface area contributed by atoms with Crippen LogP contribution in [0.15, 0.2) is 53.0 Å². The summed E-state index contributed by atoms with van der Waals surface area (Å²) in [4.78, 5) is 13.5. The summed E-state index contributed by atoms with van der Waals surface area (Å²) in [7, 11) is 0. The Balaban J connectivity index is 2.11. The number of aryl methyl sites for hydroxylation is 1. The lowest BCUT2D eigenvalue weighted by molar-refractivity contribution is -0.597. The molecule has 2 N–H and O–H groups in total. The van der Waals surface area contributed by atoms with Crippen molar-refractivity contribution >= 4 is 46.2 Å². The zero-order chi connectivity index (χ0) is 18.0. The van der Waals surface area contributed by atoms with Crippen LogP contribution in [0.3, 0.4) is 0 Å². The summed E-state index contributed by atoms with van der Waals surface area (Å²) >= 11 is 9.07.